The number of ether oxygens (including phenoxy) is 1. The Morgan fingerprint density at radius 2 is 2.11 bits per heavy atom. The third kappa shape index (κ3) is 2.85. The topological polar surface area (TPSA) is 64.3 Å². The molecule has 1 heterocycles. The number of nitrogens with one attached hydrogen (secondary N) is 1. The lowest BCUT2D eigenvalue weighted by Gasteiger charge is -2.14. The Labute approximate surface area is 101 Å². The average Bonchev–Trinajstić information content (AvgIpc) is 2.66. The van der Waals surface area contributed by atoms with Crippen LogP contribution in [-0.2, 0) is 4.79 Å². The fourth-order valence-corrected chi connectivity index (χ4v) is 1.86. The third-order valence-corrected chi connectivity index (χ3v) is 2.71. The largest absolute Gasteiger partial charge is 0.573 e. The first-order chi connectivity index (χ1) is 8.35. The van der Waals surface area contributed by atoms with Gasteiger partial charge in [-0.3, -0.25) is 4.79 Å². The molecule has 1 atom stereocenters. The highest BCUT2D eigenvalue weighted by Gasteiger charge is 2.32. The van der Waals surface area contributed by atoms with Gasteiger partial charge in [0.25, 0.3) is 0 Å². The van der Waals surface area contributed by atoms with Crippen LogP contribution >= 0.6 is 0 Å². The molecular formula is C11H11F3N2O2. The van der Waals surface area contributed by atoms with E-state index in [1.54, 1.807) is 6.07 Å². The molecule has 0 radical (unpaired) electrons. The maximum absolute atomic E-state index is 12.1. The highest BCUT2D eigenvalue weighted by Crippen LogP contribution is 2.33. The van der Waals surface area contributed by atoms with Crippen molar-refractivity contribution in [2.24, 2.45) is 0 Å². The summed E-state index contributed by atoms with van der Waals surface area (Å²) in [6.07, 6.45) is -4.52. The molecule has 0 spiro atoms. The number of anilines is 1. The lowest BCUT2D eigenvalue weighted by atomic mass is 9.98. The second-order valence-corrected chi connectivity index (χ2v) is 4.05. The van der Waals surface area contributed by atoms with E-state index in [4.69, 9.17) is 5.73 Å². The fourth-order valence-electron chi connectivity index (χ4n) is 1.86. The van der Waals surface area contributed by atoms with Crippen molar-refractivity contribution < 1.29 is 22.7 Å². The summed E-state index contributed by atoms with van der Waals surface area (Å²) in [6, 6.07) is 4.18. The van der Waals surface area contributed by atoms with Gasteiger partial charge in [-0.05, 0) is 17.7 Å². The SMILES string of the molecule is Nc1ccc([C@@H]2CNC(=O)C2)cc1OC(F)(F)F. The molecule has 0 saturated carbocycles. The Morgan fingerprint density at radius 1 is 1.39 bits per heavy atom. The quantitative estimate of drug-likeness (QED) is 0.796. The van der Waals surface area contributed by atoms with Crippen molar-refractivity contribution in [1.29, 1.82) is 0 Å². The number of rotatable bonds is 2. The van der Waals surface area contributed by atoms with Crippen LogP contribution < -0.4 is 15.8 Å². The summed E-state index contributed by atoms with van der Waals surface area (Å²) in [4.78, 5) is 11.1. The van der Waals surface area contributed by atoms with Gasteiger partial charge in [-0.2, -0.15) is 0 Å². The molecule has 0 aliphatic carbocycles. The van der Waals surface area contributed by atoms with Crippen molar-refractivity contribution >= 4 is 11.6 Å². The molecule has 1 fully saturated rings. The molecule has 1 aliphatic heterocycles. The van der Waals surface area contributed by atoms with E-state index in [1.165, 1.54) is 12.1 Å². The lowest BCUT2D eigenvalue weighted by molar-refractivity contribution is -0.274. The van der Waals surface area contributed by atoms with Gasteiger partial charge in [0.1, 0.15) is 0 Å². The van der Waals surface area contributed by atoms with Crippen molar-refractivity contribution in [1.82, 2.24) is 5.32 Å². The Balaban J connectivity index is 2.23. The van der Waals surface area contributed by atoms with Crippen LogP contribution in [0.5, 0.6) is 5.75 Å². The normalized spacial score (nSPS) is 19.7. The molecule has 1 aliphatic rings. The zero-order chi connectivity index (χ0) is 13.3. The van der Waals surface area contributed by atoms with Gasteiger partial charge in [0.2, 0.25) is 5.91 Å². The van der Waals surface area contributed by atoms with Crippen LogP contribution in [0.4, 0.5) is 18.9 Å². The smallest absolute Gasteiger partial charge is 0.404 e. The van der Waals surface area contributed by atoms with Gasteiger partial charge >= 0.3 is 6.36 Å². The first-order valence-corrected chi connectivity index (χ1v) is 5.27. The minimum absolute atomic E-state index is 0.0895. The molecule has 4 nitrogen and oxygen atoms in total. The van der Waals surface area contributed by atoms with Gasteiger partial charge in [0.05, 0.1) is 5.69 Å². The van der Waals surface area contributed by atoms with Crippen LogP contribution in [0.3, 0.4) is 0 Å². The van der Waals surface area contributed by atoms with Gasteiger partial charge < -0.3 is 15.8 Å². The van der Waals surface area contributed by atoms with E-state index in [-0.39, 0.29) is 23.9 Å². The average molecular weight is 260 g/mol. The van der Waals surface area contributed by atoms with Gasteiger partial charge in [-0.15, -0.1) is 13.2 Å². The fraction of sp³-hybridized carbons (Fsp3) is 0.364. The van der Waals surface area contributed by atoms with Crippen molar-refractivity contribution in [2.45, 2.75) is 18.7 Å². The summed E-state index contributed by atoms with van der Waals surface area (Å²) in [7, 11) is 0. The first-order valence-electron chi connectivity index (χ1n) is 5.27. The Hall–Kier alpha value is -1.92. The minimum Gasteiger partial charge on any atom is -0.404 e. The molecule has 1 amide bonds. The van der Waals surface area contributed by atoms with Crippen molar-refractivity contribution in [3.8, 4) is 5.75 Å². The number of halogens is 3. The second-order valence-electron chi connectivity index (χ2n) is 4.05. The second kappa shape index (κ2) is 4.40. The Bertz CT molecular complexity index is 474. The van der Waals surface area contributed by atoms with Crippen molar-refractivity contribution in [3.05, 3.63) is 23.8 Å². The highest BCUT2D eigenvalue weighted by atomic mass is 19.4. The minimum atomic E-state index is -4.78. The molecule has 0 bridgehead atoms. The van der Waals surface area contributed by atoms with Crippen LogP contribution in [0.15, 0.2) is 18.2 Å². The predicted octanol–water partition coefficient (Wildman–Crippen LogP) is 1.77. The van der Waals surface area contributed by atoms with Crippen LogP contribution in [-0.4, -0.2) is 18.8 Å². The van der Waals surface area contributed by atoms with Gasteiger partial charge in [0.15, 0.2) is 5.75 Å². The van der Waals surface area contributed by atoms with E-state index in [0.29, 0.717) is 12.1 Å². The number of amides is 1. The number of hydrogen-bond donors (Lipinski definition) is 2. The summed E-state index contributed by atoms with van der Waals surface area (Å²) < 4.78 is 40.3. The van der Waals surface area contributed by atoms with Crippen molar-refractivity contribution in [3.63, 3.8) is 0 Å². The predicted molar refractivity (Wildman–Crippen MR) is 57.9 cm³/mol. The molecule has 0 unspecified atom stereocenters. The van der Waals surface area contributed by atoms with E-state index in [2.05, 4.69) is 10.1 Å². The van der Waals surface area contributed by atoms with Crippen LogP contribution in [0.1, 0.15) is 17.9 Å². The molecule has 1 saturated heterocycles. The molecule has 0 aromatic heterocycles. The summed E-state index contributed by atoms with van der Waals surface area (Å²) in [5, 5.41) is 2.62. The number of hydrogen-bond acceptors (Lipinski definition) is 3. The Morgan fingerprint density at radius 3 is 2.67 bits per heavy atom. The maximum atomic E-state index is 12.1. The van der Waals surface area contributed by atoms with E-state index < -0.39 is 12.1 Å². The molecule has 1 aromatic rings. The molecule has 18 heavy (non-hydrogen) atoms. The number of benzene rings is 1. The standard InChI is InChI=1S/C11H11F3N2O2/c12-11(13,14)18-9-3-6(1-2-8(9)15)7-4-10(17)16-5-7/h1-3,7H,4-5,15H2,(H,16,17)/t7-/m0/s1. The zero-order valence-electron chi connectivity index (χ0n) is 9.25. The molecular weight excluding hydrogens is 249 g/mol. The number of nitrogen functional groups attached to an aromatic ring is 1. The van der Waals surface area contributed by atoms with E-state index in [0.717, 1.165) is 0 Å². The summed E-state index contributed by atoms with van der Waals surface area (Å²) in [5.74, 6) is -0.692. The number of alkyl halides is 3. The number of carbonyl (C=O) groups is 1. The molecule has 3 N–H and O–H groups in total. The molecule has 1 aromatic carbocycles. The van der Waals surface area contributed by atoms with Crippen LogP contribution in [0.25, 0.3) is 0 Å². The van der Waals surface area contributed by atoms with E-state index in [1.807, 2.05) is 0 Å². The van der Waals surface area contributed by atoms with Gasteiger partial charge in [0, 0.05) is 18.9 Å². The lowest BCUT2D eigenvalue weighted by Crippen LogP contribution is -2.18. The van der Waals surface area contributed by atoms with Crippen molar-refractivity contribution in [2.75, 3.05) is 12.3 Å². The van der Waals surface area contributed by atoms with Crippen LogP contribution in [0, 0.1) is 0 Å². The monoisotopic (exact) mass is 260 g/mol. The highest BCUT2D eigenvalue weighted by molar-refractivity contribution is 5.79. The molecule has 2 rings (SSSR count). The first kappa shape index (κ1) is 12.5. The van der Waals surface area contributed by atoms with E-state index in [9.17, 15) is 18.0 Å². The van der Waals surface area contributed by atoms with Crippen LogP contribution in [0.2, 0.25) is 0 Å². The number of nitrogens with two attached hydrogens (primary N) is 1. The summed E-state index contributed by atoms with van der Waals surface area (Å²) in [6.45, 7) is 0.411. The number of carbonyl (C=O) groups excluding carboxylic acids is 1. The zero-order valence-corrected chi connectivity index (χ0v) is 9.25. The molecule has 7 heteroatoms. The molecule has 98 valence electrons. The summed E-state index contributed by atoms with van der Waals surface area (Å²) >= 11 is 0. The van der Waals surface area contributed by atoms with E-state index >= 15 is 0 Å². The Kier molecular flexibility index (Phi) is 3.06. The van der Waals surface area contributed by atoms with Gasteiger partial charge in [-0.1, -0.05) is 6.07 Å². The maximum Gasteiger partial charge on any atom is 0.573 e. The summed E-state index contributed by atoms with van der Waals surface area (Å²) in [5.41, 5.74) is 5.92. The third-order valence-electron chi connectivity index (χ3n) is 2.71. The van der Waals surface area contributed by atoms with Gasteiger partial charge in [-0.25, -0.2) is 0 Å².